The molecule has 0 aliphatic carbocycles. The molecule has 1 N–H and O–H groups in total. The average Bonchev–Trinajstić information content (AvgIpc) is 3.11. The van der Waals surface area contributed by atoms with Gasteiger partial charge in [0.05, 0.1) is 18.7 Å². The van der Waals surface area contributed by atoms with Crippen molar-refractivity contribution in [2.75, 3.05) is 6.61 Å². The number of aryl methyl sites for hydroxylation is 1. The summed E-state index contributed by atoms with van der Waals surface area (Å²) in [6, 6.07) is 3.64. The molecule has 0 saturated heterocycles. The molecule has 0 saturated carbocycles. The van der Waals surface area contributed by atoms with Gasteiger partial charge in [-0.3, -0.25) is 4.40 Å². The zero-order valence-electron chi connectivity index (χ0n) is 12.1. The first-order valence-corrected chi connectivity index (χ1v) is 6.73. The third-order valence-corrected chi connectivity index (χ3v) is 2.93. The van der Waals surface area contributed by atoms with Crippen molar-refractivity contribution in [3.63, 3.8) is 0 Å². The molecular formula is C13H14N6O3. The largest absolute Gasteiger partial charge is 0.450 e. The number of aromatic nitrogens is 5. The molecule has 9 nitrogen and oxygen atoms in total. The van der Waals surface area contributed by atoms with Gasteiger partial charge in [-0.05, 0) is 26.0 Å². The minimum absolute atomic E-state index is 0.201. The van der Waals surface area contributed by atoms with Crippen LogP contribution in [-0.4, -0.2) is 37.4 Å². The maximum Gasteiger partial charge on any atom is 0.407 e. The number of rotatable bonds is 4. The summed E-state index contributed by atoms with van der Waals surface area (Å²) in [5.74, 6) is 1.49. The highest BCUT2D eigenvalue weighted by Gasteiger charge is 2.15. The van der Waals surface area contributed by atoms with E-state index in [9.17, 15) is 4.79 Å². The summed E-state index contributed by atoms with van der Waals surface area (Å²) in [7, 11) is 0. The van der Waals surface area contributed by atoms with Crippen LogP contribution in [0.1, 0.15) is 18.6 Å². The first-order chi connectivity index (χ1) is 10.7. The van der Waals surface area contributed by atoms with Crippen LogP contribution >= 0.6 is 0 Å². The van der Waals surface area contributed by atoms with Crippen molar-refractivity contribution < 1.29 is 14.1 Å². The second kappa shape index (κ2) is 5.80. The third kappa shape index (κ3) is 2.60. The molecule has 0 atom stereocenters. The molecule has 0 bridgehead atoms. The van der Waals surface area contributed by atoms with Crippen molar-refractivity contribution in [3.05, 3.63) is 30.0 Å². The molecule has 3 rings (SSSR count). The number of amides is 1. The SMILES string of the molecule is CCOC(=O)NCc1nnc2c(-c3nc(C)no3)cccn12. The molecule has 22 heavy (non-hydrogen) atoms. The topological polar surface area (TPSA) is 107 Å². The molecule has 114 valence electrons. The van der Waals surface area contributed by atoms with E-state index in [2.05, 4.69) is 25.7 Å². The predicted octanol–water partition coefficient (Wildman–Crippen LogP) is 1.33. The molecule has 3 aromatic rings. The molecule has 0 unspecified atom stereocenters. The number of fused-ring (bicyclic) bond motifs is 1. The number of hydrogen-bond acceptors (Lipinski definition) is 7. The summed E-state index contributed by atoms with van der Waals surface area (Å²) < 4.78 is 11.7. The van der Waals surface area contributed by atoms with Crippen molar-refractivity contribution in [3.8, 4) is 11.5 Å². The van der Waals surface area contributed by atoms with Crippen molar-refractivity contribution in [2.45, 2.75) is 20.4 Å². The Hall–Kier alpha value is -2.97. The maximum atomic E-state index is 11.3. The van der Waals surface area contributed by atoms with E-state index in [1.54, 1.807) is 24.4 Å². The van der Waals surface area contributed by atoms with E-state index < -0.39 is 6.09 Å². The Morgan fingerprint density at radius 1 is 1.45 bits per heavy atom. The molecule has 3 heterocycles. The van der Waals surface area contributed by atoms with Gasteiger partial charge < -0.3 is 14.6 Å². The minimum atomic E-state index is -0.497. The van der Waals surface area contributed by atoms with Gasteiger partial charge in [0.25, 0.3) is 5.89 Å². The lowest BCUT2D eigenvalue weighted by Crippen LogP contribution is -2.24. The normalized spacial score (nSPS) is 10.8. The average molecular weight is 302 g/mol. The summed E-state index contributed by atoms with van der Waals surface area (Å²) in [4.78, 5) is 15.5. The zero-order valence-corrected chi connectivity index (χ0v) is 12.1. The zero-order chi connectivity index (χ0) is 15.5. The Kier molecular flexibility index (Phi) is 3.69. The van der Waals surface area contributed by atoms with Gasteiger partial charge in [0, 0.05) is 6.20 Å². The first-order valence-electron chi connectivity index (χ1n) is 6.73. The molecular weight excluding hydrogens is 288 g/mol. The van der Waals surface area contributed by atoms with Gasteiger partial charge in [-0.2, -0.15) is 4.98 Å². The number of nitrogens with zero attached hydrogens (tertiary/aromatic N) is 5. The van der Waals surface area contributed by atoms with Crippen molar-refractivity contribution in [1.29, 1.82) is 0 Å². The second-order valence-electron chi connectivity index (χ2n) is 4.45. The quantitative estimate of drug-likeness (QED) is 0.774. The van der Waals surface area contributed by atoms with E-state index in [4.69, 9.17) is 9.26 Å². The van der Waals surface area contributed by atoms with Crippen LogP contribution in [0.3, 0.4) is 0 Å². The molecule has 0 radical (unpaired) electrons. The van der Waals surface area contributed by atoms with E-state index in [0.717, 1.165) is 0 Å². The predicted molar refractivity (Wildman–Crippen MR) is 74.9 cm³/mol. The number of carbonyl (C=O) groups is 1. The molecule has 0 aliphatic rings. The van der Waals surface area contributed by atoms with Crippen molar-refractivity contribution in [1.82, 2.24) is 30.1 Å². The van der Waals surface area contributed by atoms with Gasteiger partial charge in [-0.1, -0.05) is 5.16 Å². The Morgan fingerprint density at radius 3 is 3.05 bits per heavy atom. The minimum Gasteiger partial charge on any atom is -0.450 e. The molecule has 9 heteroatoms. The van der Waals surface area contributed by atoms with E-state index in [1.807, 2.05) is 12.1 Å². The van der Waals surface area contributed by atoms with Crippen LogP contribution in [0.15, 0.2) is 22.9 Å². The summed E-state index contributed by atoms with van der Waals surface area (Å²) in [5.41, 5.74) is 1.25. The van der Waals surface area contributed by atoms with Gasteiger partial charge in [-0.25, -0.2) is 4.79 Å². The van der Waals surface area contributed by atoms with E-state index in [-0.39, 0.29) is 6.54 Å². The number of ether oxygens (including phenoxy) is 1. The molecule has 0 fully saturated rings. The molecule has 0 spiro atoms. The third-order valence-electron chi connectivity index (χ3n) is 2.93. The number of alkyl carbamates (subject to hydrolysis) is 1. The Balaban J connectivity index is 1.90. The van der Waals surface area contributed by atoms with Crippen LogP contribution in [-0.2, 0) is 11.3 Å². The summed E-state index contributed by atoms with van der Waals surface area (Å²) in [5, 5.41) is 14.6. The second-order valence-corrected chi connectivity index (χ2v) is 4.45. The van der Waals surface area contributed by atoms with Crippen molar-refractivity contribution in [2.24, 2.45) is 0 Å². The monoisotopic (exact) mass is 302 g/mol. The van der Waals surface area contributed by atoms with Gasteiger partial charge in [0.2, 0.25) is 0 Å². The molecule has 0 aromatic carbocycles. The summed E-state index contributed by atoms with van der Waals surface area (Å²) in [6.07, 6.45) is 1.30. The van der Waals surface area contributed by atoms with Crippen LogP contribution < -0.4 is 5.32 Å². The summed E-state index contributed by atoms with van der Waals surface area (Å²) >= 11 is 0. The van der Waals surface area contributed by atoms with E-state index in [1.165, 1.54) is 0 Å². The Morgan fingerprint density at radius 2 is 2.32 bits per heavy atom. The fourth-order valence-corrected chi connectivity index (χ4v) is 1.99. The van der Waals surface area contributed by atoms with Crippen LogP contribution in [0.5, 0.6) is 0 Å². The Bertz CT molecular complexity index is 809. The van der Waals surface area contributed by atoms with Gasteiger partial charge in [-0.15, -0.1) is 10.2 Å². The van der Waals surface area contributed by atoms with Crippen LogP contribution in [0.25, 0.3) is 17.1 Å². The highest BCUT2D eigenvalue weighted by molar-refractivity contribution is 5.71. The van der Waals surface area contributed by atoms with E-state index >= 15 is 0 Å². The highest BCUT2D eigenvalue weighted by Crippen LogP contribution is 2.21. The fourth-order valence-electron chi connectivity index (χ4n) is 1.99. The number of carbonyl (C=O) groups excluding carboxylic acids is 1. The lowest BCUT2D eigenvalue weighted by Gasteiger charge is -2.04. The lowest BCUT2D eigenvalue weighted by atomic mass is 10.2. The van der Waals surface area contributed by atoms with Gasteiger partial charge in [0.1, 0.15) is 0 Å². The lowest BCUT2D eigenvalue weighted by molar-refractivity contribution is 0.151. The summed E-state index contributed by atoms with van der Waals surface area (Å²) in [6.45, 7) is 4.00. The van der Waals surface area contributed by atoms with Gasteiger partial charge >= 0.3 is 6.09 Å². The van der Waals surface area contributed by atoms with Crippen LogP contribution in [0.2, 0.25) is 0 Å². The van der Waals surface area contributed by atoms with Crippen molar-refractivity contribution >= 4 is 11.7 Å². The first kappa shape index (κ1) is 14.0. The number of nitrogens with one attached hydrogen (secondary N) is 1. The van der Waals surface area contributed by atoms with Crippen LogP contribution in [0.4, 0.5) is 4.79 Å². The molecule has 0 aliphatic heterocycles. The standard InChI is InChI=1S/C13H14N6O3/c1-3-21-13(20)14-7-10-16-17-11-9(5-4-6-19(10)11)12-15-8(2)18-22-12/h4-6H,3,7H2,1-2H3,(H,14,20). The van der Waals surface area contributed by atoms with E-state index in [0.29, 0.717) is 35.4 Å². The molecule has 3 aromatic heterocycles. The smallest absolute Gasteiger partial charge is 0.407 e. The fraction of sp³-hybridized carbons (Fsp3) is 0.308. The number of pyridine rings is 1. The number of hydrogen-bond donors (Lipinski definition) is 1. The maximum absolute atomic E-state index is 11.3. The molecule has 1 amide bonds. The van der Waals surface area contributed by atoms with Crippen LogP contribution in [0, 0.1) is 6.92 Å². The van der Waals surface area contributed by atoms with Gasteiger partial charge in [0.15, 0.2) is 17.3 Å². The highest BCUT2D eigenvalue weighted by atomic mass is 16.5. The Labute approximate surface area is 125 Å².